The molecular weight excluding hydrogens is 167 g/mol. The minimum absolute atomic E-state index is 0. The first-order chi connectivity index (χ1) is 5.77. The van der Waals surface area contributed by atoms with Crippen LogP contribution < -0.4 is 24.0 Å². The quantitative estimate of drug-likeness (QED) is 0.289. The van der Waals surface area contributed by atoms with E-state index in [-0.39, 0.29) is 25.5 Å². The van der Waals surface area contributed by atoms with Gasteiger partial charge in [0.1, 0.15) is 0 Å². The van der Waals surface area contributed by atoms with Crippen molar-refractivity contribution in [3.63, 3.8) is 0 Å². The molecular formula is C8H15LiO4. The fourth-order valence-electron chi connectivity index (χ4n) is 0.622. The van der Waals surface area contributed by atoms with E-state index in [2.05, 4.69) is 11.7 Å². The first-order valence-corrected chi connectivity index (χ1v) is 4.12. The standard InChI is InChI=1S/C8H16O4.Li/c1-2-3-4-11-5-6-12-7-8(9)10;/h2-7H2,1H3,(H,9,10);/q;+1/p-1. The molecule has 0 saturated heterocycles. The zero-order valence-electron chi connectivity index (χ0n) is 8.38. The Morgan fingerprint density at radius 3 is 2.38 bits per heavy atom. The Hall–Kier alpha value is -0.0126. The monoisotopic (exact) mass is 182 g/mol. The molecule has 0 aromatic heterocycles. The Kier molecular flexibility index (Phi) is 14.3. The van der Waals surface area contributed by atoms with Gasteiger partial charge < -0.3 is 19.4 Å². The van der Waals surface area contributed by atoms with E-state index < -0.39 is 5.97 Å². The number of rotatable bonds is 8. The van der Waals surface area contributed by atoms with E-state index in [0.717, 1.165) is 12.8 Å². The van der Waals surface area contributed by atoms with Crippen molar-refractivity contribution in [3.8, 4) is 0 Å². The molecule has 0 bridgehead atoms. The van der Waals surface area contributed by atoms with Gasteiger partial charge in [0, 0.05) is 6.61 Å². The predicted molar refractivity (Wildman–Crippen MR) is 41.6 cm³/mol. The third-order valence-corrected chi connectivity index (χ3v) is 1.23. The molecule has 13 heavy (non-hydrogen) atoms. The van der Waals surface area contributed by atoms with Gasteiger partial charge in [-0.15, -0.1) is 0 Å². The largest absolute Gasteiger partial charge is 1.00 e. The Morgan fingerprint density at radius 1 is 1.23 bits per heavy atom. The summed E-state index contributed by atoms with van der Waals surface area (Å²) < 4.78 is 9.81. The summed E-state index contributed by atoms with van der Waals surface area (Å²) >= 11 is 0. The number of carbonyl (C=O) groups is 1. The summed E-state index contributed by atoms with van der Waals surface area (Å²) in [5, 5.41) is 9.86. The van der Waals surface area contributed by atoms with Gasteiger partial charge in [-0.25, -0.2) is 0 Å². The maximum Gasteiger partial charge on any atom is 1.00 e. The third kappa shape index (κ3) is 14.8. The van der Waals surface area contributed by atoms with Crippen molar-refractivity contribution in [3.05, 3.63) is 0 Å². The van der Waals surface area contributed by atoms with E-state index >= 15 is 0 Å². The summed E-state index contributed by atoms with van der Waals surface area (Å²) in [7, 11) is 0. The average molecular weight is 182 g/mol. The molecule has 0 aliphatic heterocycles. The van der Waals surface area contributed by atoms with Crippen molar-refractivity contribution in [1.29, 1.82) is 0 Å². The first-order valence-electron chi connectivity index (χ1n) is 4.12. The van der Waals surface area contributed by atoms with E-state index in [0.29, 0.717) is 19.8 Å². The fraction of sp³-hybridized carbons (Fsp3) is 0.875. The zero-order valence-corrected chi connectivity index (χ0v) is 8.38. The number of ether oxygens (including phenoxy) is 2. The second-order valence-corrected chi connectivity index (χ2v) is 2.39. The molecule has 0 atom stereocenters. The zero-order chi connectivity index (χ0) is 9.23. The van der Waals surface area contributed by atoms with Gasteiger partial charge in [-0.2, -0.15) is 0 Å². The number of hydrogen-bond donors (Lipinski definition) is 0. The molecule has 0 heterocycles. The maximum absolute atomic E-state index is 9.86. The maximum atomic E-state index is 9.86. The average Bonchev–Trinajstić information content (AvgIpc) is 2.02. The molecule has 0 spiro atoms. The number of aliphatic carboxylic acids is 1. The Bertz CT molecular complexity index is 119. The van der Waals surface area contributed by atoms with Gasteiger partial charge in [-0.3, -0.25) is 0 Å². The number of hydrogen-bond acceptors (Lipinski definition) is 4. The Morgan fingerprint density at radius 2 is 1.85 bits per heavy atom. The molecule has 0 radical (unpaired) electrons. The normalized spacial score (nSPS) is 9.31. The van der Waals surface area contributed by atoms with Crippen molar-refractivity contribution < 1.29 is 38.2 Å². The molecule has 0 aliphatic rings. The smallest absolute Gasteiger partial charge is 0.548 e. The summed E-state index contributed by atoms with van der Waals surface area (Å²) in [4.78, 5) is 9.86. The number of carbonyl (C=O) groups excluding carboxylic acids is 1. The molecule has 0 unspecified atom stereocenters. The van der Waals surface area contributed by atoms with Crippen molar-refractivity contribution in [2.75, 3.05) is 26.4 Å². The topological polar surface area (TPSA) is 58.6 Å². The van der Waals surface area contributed by atoms with Crippen LogP contribution in [0.25, 0.3) is 0 Å². The molecule has 0 aromatic carbocycles. The van der Waals surface area contributed by atoms with E-state index in [1.54, 1.807) is 0 Å². The number of carboxylic acid groups (broad SMARTS) is 1. The van der Waals surface area contributed by atoms with Crippen LogP contribution in [-0.4, -0.2) is 32.4 Å². The van der Waals surface area contributed by atoms with Crippen LogP contribution in [0.4, 0.5) is 0 Å². The van der Waals surface area contributed by atoms with Crippen LogP contribution in [0.5, 0.6) is 0 Å². The Balaban J connectivity index is 0. The van der Waals surface area contributed by atoms with Gasteiger partial charge in [0.15, 0.2) is 0 Å². The van der Waals surface area contributed by atoms with E-state index in [9.17, 15) is 9.90 Å². The predicted octanol–water partition coefficient (Wildman–Crippen LogP) is -3.43. The van der Waals surface area contributed by atoms with Crippen LogP contribution in [0.2, 0.25) is 0 Å². The van der Waals surface area contributed by atoms with Crippen molar-refractivity contribution >= 4 is 5.97 Å². The van der Waals surface area contributed by atoms with Crippen LogP contribution in [0.15, 0.2) is 0 Å². The fourth-order valence-corrected chi connectivity index (χ4v) is 0.622. The molecule has 0 aromatic rings. The molecule has 0 N–H and O–H groups in total. The second-order valence-electron chi connectivity index (χ2n) is 2.39. The minimum atomic E-state index is -1.19. The summed E-state index contributed by atoms with van der Waals surface area (Å²) in [6.45, 7) is 3.21. The van der Waals surface area contributed by atoms with Gasteiger partial charge in [0.25, 0.3) is 0 Å². The number of carboxylic acids is 1. The van der Waals surface area contributed by atoms with Gasteiger partial charge >= 0.3 is 18.9 Å². The summed E-state index contributed by atoms with van der Waals surface area (Å²) in [6, 6.07) is 0. The van der Waals surface area contributed by atoms with Gasteiger partial charge in [0.2, 0.25) is 0 Å². The van der Waals surface area contributed by atoms with Gasteiger partial charge in [0.05, 0.1) is 25.8 Å². The van der Waals surface area contributed by atoms with Crippen LogP contribution in [0, 0.1) is 0 Å². The second kappa shape index (κ2) is 12.0. The molecule has 0 amide bonds. The van der Waals surface area contributed by atoms with Crippen molar-refractivity contribution in [2.45, 2.75) is 19.8 Å². The van der Waals surface area contributed by atoms with Crippen LogP contribution in [0.1, 0.15) is 19.8 Å². The third-order valence-electron chi connectivity index (χ3n) is 1.23. The summed E-state index contributed by atoms with van der Waals surface area (Å²) in [5.74, 6) is -1.19. The van der Waals surface area contributed by atoms with Crippen molar-refractivity contribution in [1.82, 2.24) is 0 Å². The summed E-state index contributed by atoms with van der Waals surface area (Å²) in [6.07, 6.45) is 2.13. The molecule has 5 heteroatoms. The van der Waals surface area contributed by atoms with Crippen LogP contribution >= 0.6 is 0 Å². The molecule has 0 saturated carbocycles. The first kappa shape index (κ1) is 15.5. The molecule has 0 rings (SSSR count). The van der Waals surface area contributed by atoms with Crippen LogP contribution in [0.3, 0.4) is 0 Å². The van der Waals surface area contributed by atoms with Gasteiger partial charge in [-0.05, 0) is 6.42 Å². The molecule has 72 valence electrons. The SMILES string of the molecule is CCCCOCCOCC(=O)[O-].[Li+]. The molecule has 0 aliphatic carbocycles. The molecule has 0 fully saturated rings. The van der Waals surface area contributed by atoms with Crippen LogP contribution in [-0.2, 0) is 14.3 Å². The van der Waals surface area contributed by atoms with E-state index in [1.165, 1.54) is 0 Å². The van der Waals surface area contributed by atoms with E-state index in [1.807, 2.05) is 0 Å². The summed E-state index contributed by atoms with van der Waals surface area (Å²) in [5.41, 5.74) is 0. The van der Waals surface area contributed by atoms with Crippen molar-refractivity contribution in [2.24, 2.45) is 0 Å². The van der Waals surface area contributed by atoms with E-state index in [4.69, 9.17) is 4.74 Å². The number of unbranched alkanes of at least 4 members (excludes halogenated alkanes) is 1. The molecule has 4 nitrogen and oxygen atoms in total. The Labute approximate surface area is 90.8 Å². The minimum Gasteiger partial charge on any atom is -0.548 e. The van der Waals surface area contributed by atoms with Gasteiger partial charge in [-0.1, -0.05) is 13.3 Å².